The number of piperidine rings is 1. The van der Waals surface area contributed by atoms with Crippen molar-refractivity contribution >= 4 is 11.8 Å². The van der Waals surface area contributed by atoms with Gasteiger partial charge < -0.3 is 24.5 Å². The number of hydrogen-bond donors (Lipinski definition) is 4. The van der Waals surface area contributed by atoms with E-state index < -0.39 is 6.10 Å². The van der Waals surface area contributed by atoms with Gasteiger partial charge in [-0.2, -0.15) is 0 Å². The van der Waals surface area contributed by atoms with E-state index in [-0.39, 0.29) is 41.9 Å². The number of hydrogen-bond acceptors (Lipinski definition) is 9. The first-order valence-electron chi connectivity index (χ1n) is 17.4. The maximum atomic E-state index is 13.8. The second-order valence-corrected chi connectivity index (χ2v) is 14.0. The molecule has 4 unspecified atom stereocenters. The molecule has 3 saturated heterocycles. The molecule has 5 heterocycles. The van der Waals surface area contributed by atoms with E-state index in [0.717, 1.165) is 83.4 Å². The fourth-order valence-corrected chi connectivity index (χ4v) is 8.18. The van der Waals surface area contributed by atoms with E-state index in [4.69, 9.17) is 9.15 Å². The topological polar surface area (TPSA) is 132 Å². The van der Waals surface area contributed by atoms with Gasteiger partial charge in [0.1, 0.15) is 12.4 Å². The first-order chi connectivity index (χ1) is 22.3. The van der Waals surface area contributed by atoms with Crippen LogP contribution in [0.4, 0.5) is 0 Å². The molecule has 2 amide bonds. The van der Waals surface area contributed by atoms with Gasteiger partial charge in [0, 0.05) is 64.7 Å². The van der Waals surface area contributed by atoms with Crippen LogP contribution in [0.2, 0.25) is 0 Å². The fraction of sp³-hybridized carbons (Fsp3) is 0.686. The van der Waals surface area contributed by atoms with Gasteiger partial charge in [-0.3, -0.25) is 25.1 Å². The summed E-state index contributed by atoms with van der Waals surface area (Å²) in [5, 5.41) is 22.0. The van der Waals surface area contributed by atoms with Crippen molar-refractivity contribution in [2.45, 2.75) is 96.2 Å². The Balaban J connectivity index is 1.02. The standard InChI is InChI=1S/C35H52N6O5/c1-3-6-28-8-5-4-7-26-15-38-35(28,39-29-19-41(20-29)24(2)42)14-33(26)34(44)37-16-30(43)21-40-12-11-25-13-31(10-9-27(25)18-40)45-22-32-17-36-23-46-32/h9-10,13,17,23,26,28-30,33,38-39,43H,3-8,11-12,14-16,18-22H2,1-2H3,(H,37,44)/t26?,28?,30-,33?,35?/m0/s1. The third kappa shape index (κ3) is 7.75. The first kappa shape index (κ1) is 32.9. The van der Waals surface area contributed by atoms with Crippen molar-refractivity contribution in [3.05, 3.63) is 47.7 Å². The maximum absolute atomic E-state index is 13.8. The summed E-state index contributed by atoms with van der Waals surface area (Å²) in [5.41, 5.74) is 2.19. The lowest BCUT2D eigenvalue weighted by Crippen LogP contribution is -2.74. The van der Waals surface area contributed by atoms with Crippen LogP contribution in [0.15, 0.2) is 35.2 Å². The summed E-state index contributed by atoms with van der Waals surface area (Å²) in [7, 11) is 0. The van der Waals surface area contributed by atoms with Crippen LogP contribution >= 0.6 is 0 Å². The van der Waals surface area contributed by atoms with Crippen LogP contribution < -0.4 is 20.7 Å². The Kier molecular flexibility index (Phi) is 10.6. The number of amides is 2. The molecule has 0 radical (unpaired) electrons. The zero-order valence-corrected chi connectivity index (χ0v) is 27.5. The summed E-state index contributed by atoms with van der Waals surface area (Å²) < 4.78 is 11.1. The minimum atomic E-state index is -0.644. The highest BCUT2D eigenvalue weighted by Crippen LogP contribution is 2.41. The molecule has 2 bridgehead atoms. The summed E-state index contributed by atoms with van der Waals surface area (Å²) in [6.45, 7) is 8.85. The number of carbonyl (C=O) groups excluding carboxylic acids is 2. The van der Waals surface area contributed by atoms with Gasteiger partial charge in [-0.05, 0) is 67.2 Å². The fourth-order valence-electron chi connectivity index (χ4n) is 8.18. The SMILES string of the molecule is CCCC1CCCCC2CNC1(NC1CN(C(C)=O)C1)CC2C(=O)NC[C@H](O)CN1CCc2cc(OCc3cnco3)ccc2C1. The van der Waals surface area contributed by atoms with Gasteiger partial charge in [0.25, 0.3) is 0 Å². The highest BCUT2D eigenvalue weighted by molar-refractivity contribution is 5.79. The lowest BCUT2D eigenvalue weighted by Gasteiger charge is -2.53. The third-order valence-corrected chi connectivity index (χ3v) is 10.7. The van der Waals surface area contributed by atoms with Gasteiger partial charge in [-0.25, -0.2) is 4.98 Å². The lowest BCUT2D eigenvalue weighted by atomic mass is 9.72. The molecule has 1 aliphatic carbocycles. The van der Waals surface area contributed by atoms with Crippen molar-refractivity contribution in [2.75, 3.05) is 39.3 Å². The highest BCUT2D eigenvalue weighted by Gasteiger charge is 2.50. The molecule has 46 heavy (non-hydrogen) atoms. The Labute approximate surface area is 272 Å². The van der Waals surface area contributed by atoms with E-state index in [9.17, 15) is 14.7 Å². The van der Waals surface area contributed by atoms with Crippen molar-refractivity contribution in [1.82, 2.24) is 30.7 Å². The summed E-state index contributed by atoms with van der Waals surface area (Å²) in [5.74, 6) is 2.29. The van der Waals surface area contributed by atoms with Gasteiger partial charge in [0.05, 0.1) is 18.0 Å². The van der Waals surface area contributed by atoms with Crippen molar-refractivity contribution in [3.8, 4) is 5.75 Å². The molecule has 2 aromatic rings. The second kappa shape index (κ2) is 14.8. The Morgan fingerprint density at radius 1 is 1.24 bits per heavy atom. The van der Waals surface area contributed by atoms with E-state index in [1.807, 2.05) is 11.0 Å². The Hall–Kier alpha value is -2.99. The van der Waals surface area contributed by atoms with Crippen molar-refractivity contribution in [3.63, 3.8) is 0 Å². The molecule has 4 aliphatic heterocycles. The lowest BCUT2D eigenvalue weighted by molar-refractivity contribution is -0.135. The number of aromatic nitrogens is 1. The maximum Gasteiger partial charge on any atom is 0.223 e. The number of fused-ring (bicyclic) bond motifs is 7. The number of aliphatic hydroxyl groups is 1. The van der Waals surface area contributed by atoms with E-state index >= 15 is 0 Å². The van der Waals surface area contributed by atoms with E-state index in [1.54, 1.807) is 13.1 Å². The number of aliphatic hydroxyl groups excluding tert-OH is 1. The number of oxazole rings is 1. The normalized spacial score (nSPS) is 27.5. The minimum absolute atomic E-state index is 0.0645. The van der Waals surface area contributed by atoms with Crippen molar-refractivity contribution < 1.29 is 23.8 Å². The van der Waals surface area contributed by atoms with Crippen LogP contribution in [-0.4, -0.2) is 88.8 Å². The number of nitrogens with zero attached hydrogens (tertiary/aromatic N) is 3. The van der Waals surface area contributed by atoms with Crippen LogP contribution in [0.1, 0.15) is 75.7 Å². The average Bonchev–Trinajstić information content (AvgIpc) is 3.59. The Bertz CT molecular complexity index is 1320. The number of rotatable bonds is 12. The Morgan fingerprint density at radius 2 is 2.09 bits per heavy atom. The average molecular weight is 637 g/mol. The number of β-amino-alcohol motifs (C(OH)–C–C–N with tert-alkyl or cyclic N) is 1. The van der Waals surface area contributed by atoms with Crippen LogP contribution in [-0.2, 0) is 29.2 Å². The molecule has 0 spiro atoms. The molecular weight excluding hydrogens is 584 g/mol. The summed E-state index contributed by atoms with van der Waals surface area (Å²) in [6, 6.07) is 6.41. The molecule has 252 valence electrons. The molecule has 1 aromatic carbocycles. The van der Waals surface area contributed by atoms with E-state index in [2.05, 4.69) is 44.9 Å². The van der Waals surface area contributed by atoms with Gasteiger partial charge >= 0.3 is 0 Å². The predicted octanol–water partition coefficient (Wildman–Crippen LogP) is 2.82. The molecule has 5 atom stereocenters. The Morgan fingerprint density at radius 3 is 2.87 bits per heavy atom. The molecule has 1 aromatic heterocycles. The second-order valence-electron chi connectivity index (χ2n) is 14.0. The minimum Gasteiger partial charge on any atom is -0.486 e. The predicted molar refractivity (Wildman–Crippen MR) is 174 cm³/mol. The van der Waals surface area contributed by atoms with Crippen LogP contribution in [0, 0.1) is 17.8 Å². The first-order valence-corrected chi connectivity index (χ1v) is 17.4. The molecule has 11 heteroatoms. The van der Waals surface area contributed by atoms with Gasteiger partial charge in [0.2, 0.25) is 11.8 Å². The van der Waals surface area contributed by atoms with Gasteiger partial charge in [-0.1, -0.05) is 32.3 Å². The number of ether oxygens (including phenoxy) is 1. The monoisotopic (exact) mass is 636 g/mol. The van der Waals surface area contributed by atoms with Gasteiger partial charge in [0.15, 0.2) is 12.2 Å². The molecule has 4 fully saturated rings. The third-order valence-electron chi connectivity index (χ3n) is 10.7. The largest absolute Gasteiger partial charge is 0.486 e. The zero-order chi connectivity index (χ0) is 32.1. The highest BCUT2D eigenvalue weighted by atomic mass is 16.5. The van der Waals surface area contributed by atoms with Crippen molar-refractivity contribution in [2.24, 2.45) is 17.8 Å². The molecular formula is C35H52N6O5. The molecule has 7 rings (SSSR count). The quantitative estimate of drug-likeness (QED) is 0.278. The summed E-state index contributed by atoms with van der Waals surface area (Å²) >= 11 is 0. The summed E-state index contributed by atoms with van der Waals surface area (Å²) in [4.78, 5) is 33.7. The summed E-state index contributed by atoms with van der Waals surface area (Å²) in [6.07, 6.45) is 10.8. The number of nitrogens with one attached hydrogen (secondary N) is 3. The number of benzene rings is 1. The number of likely N-dealkylation sites (tertiary alicyclic amines) is 1. The van der Waals surface area contributed by atoms with Crippen LogP contribution in [0.3, 0.4) is 0 Å². The zero-order valence-electron chi connectivity index (χ0n) is 27.5. The molecule has 5 aliphatic rings. The van der Waals surface area contributed by atoms with E-state index in [1.165, 1.54) is 23.9 Å². The van der Waals surface area contributed by atoms with Crippen LogP contribution in [0.5, 0.6) is 5.75 Å². The van der Waals surface area contributed by atoms with E-state index in [0.29, 0.717) is 24.8 Å². The van der Waals surface area contributed by atoms with Crippen molar-refractivity contribution in [1.29, 1.82) is 0 Å². The van der Waals surface area contributed by atoms with Crippen LogP contribution in [0.25, 0.3) is 0 Å². The smallest absolute Gasteiger partial charge is 0.223 e. The molecule has 1 saturated carbocycles. The molecule has 11 nitrogen and oxygen atoms in total. The molecule has 4 N–H and O–H groups in total. The van der Waals surface area contributed by atoms with Gasteiger partial charge in [-0.15, -0.1) is 0 Å². The number of carbonyl (C=O) groups is 2.